The molecule has 1 fully saturated rings. The maximum absolute atomic E-state index is 12.1. The Bertz CT molecular complexity index is 662. The van der Waals surface area contributed by atoms with Crippen LogP contribution in [-0.4, -0.2) is 58.5 Å². The van der Waals surface area contributed by atoms with Crippen LogP contribution in [0.15, 0.2) is 11.7 Å². The second-order valence-corrected chi connectivity index (χ2v) is 6.56. The number of thiazole rings is 1. The van der Waals surface area contributed by atoms with Gasteiger partial charge in [-0.3, -0.25) is 4.79 Å². The first-order chi connectivity index (χ1) is 11.1. The molecule has 0 spiro atoms. The van der Waals surface area contributed by atoms with Crippen molar-refractivity contribution in [2.45, 2.75) is 13.8 Å². The quantitative estimate of drug-likeness (QED) is 0.875. The van der Waals surface area contributed by atoms with Crippen LogP contribution in [0.3, 0.4) is 0 Å². The second-order valence-electron chi connectivity index (χ2n) is 5.72. The number of aromatic nitrogens is 4. The van der Waals surface area contributed by atoms with Crippen LogP contribution in [0.4, 0.5) is 5.95 Å². The van der Waals surface area contributed by atoms with Gasteiger partial charge in [0.05, 0.1) is 13.2 Å². The van der Waals surface area contributed by atoms with E-state index in [1.807, 2.05) is 4.57 Å². The fourth-order valence-electron chi connectivity index (χ4n) is 2.21. The Morgan fingerprint density at radius 2 is 2.22 bits per heavy atom. The van der Waals surface area contributed by atoms with E-state index in [1.165, 1.54) is 11.3 Å². The van der Waals surface area contributed by atoms with Gasteiger partial charge in [0.1, 0.15) is 12.0 Å². The van der Waals surface area contributed by atoms with Gasteiger partial charge in [0.2, 0.25) is 5.95 Å². The number of nitrogens with one attached hydrogen (secondary N) is 1. The standard InChI is InChI=1S/C14H20N6O2S/c1-10(2)7-15-12(21)11-8-23-14(17-11)20-9-16-18-13(20)19-3-5-22-6-4-19/h8-10H,3-7H2,1-2H3,(H,15,21). The van der Waals surface area contributed by atoms with Crippen molar-refractivity contribution < 1.29 is 9.53 Å². The van der Waals surface area contributed by atoms with Gasteiger partial charge >= 0.3 is 0 Å². The molecule has 8 nitrogen and oxygen atoms in total. The van der Waals surface area contributed by atoms with Gasteiger partial charge in [-0.1, -0.05) is 13.8 Å². The van der Waals surface area contributed by atoms with Crippen LogP contribution in [0.25, 0.3) is 5.13 Å². The molecule has 1 aliphatic rings. The Balaban J connectivity index is 1.76. The molecule has 3 rings (SSSR count). The number of rotatable bonds is 5. The number of carbonyl (C=O) groups excluding carboxylic acids is 1. The van der Waals surface area contributed by atoms with Crippen molar-refractivity contribution in [2.75, 3.05) is 37.7 Å². The maximum atomic E-state index is 12.1. The molecule has 0 aromatic carbocycles. The fourth-order valence-corrected chi connectivity index (χ4v) is 2.98. The lowest BCUT2D eigenvalue weighted by atomic mass is 10.2. The highest BCUT2D eigenvalue weighted by atomic mass is 32.1. The van der Waals surface area contributed by atoms with Crippen LogP contribution in [0.1, 0.15) is 24.3 Å². The summed E-state index contributed by atoms with van der Waals surface area (Å²) < 4.78 is 7.17. The Labute approximate surface area is 138 Å². The number of nitrogens with zero attached hydrogens (tertiary/aromatic N) is 5. The molecule has 1 N–H and O–H groups in total. The van der Waals surface area contributed by atoms with Crippen LogP contribution in [0.5, 0.6) is 0 Å². The third-order valence-corrected chi connectivity index (χ3v) is 4.27. The lowest BCUT2D eigenvalue weighted by Gasteiger charge is -2.27. The van der Waals surface area contributed by atoms with Gasteiger partial charge in [0.15, 0.2) is 5.13 Å². The lowest BCUT2D eigenvalue weighted by Crippen LogP contribution is -2.37. The Morgan fingerprint density at radius 3 is 2.96 bits per heavy atom. The molecular formula is C14H20N6O2S. The van der Waals surface area contributed by atoms with Crippen LogP contribution in [0, 0.1) is 5.92 Å². The first-order valence-corrected chi connectivity index (χ1v) is 8.50. The minimum Gasteiger partial charge on any atom is -0.378 e. The topological polar surface area (TPSA) is 85.2 Å². The van der Waals surface area contributed by atoms with E-state index < -0.39 is 0 Å². The summed E-state index contributed by atoms with van der Waals surface area (Å²) in [5.74, 6) is 0.988. The molecule has 1 amide bonds. The molecule has 0 aliphatic carbocycles. The molecular weight excluding hydrogens is 316 g/mol. The molecule has 2 aromatic heterocycles. The molecule has 23 heavy (non-hydrogen) atoms. The summed E-state index contributed by atoms with van der Waals surface area (Å²) in [7, 11) is 0. The van der Waals surface area contributed by atoms with Crippen molar-refractivity contribution in [3.05, 3.63) is 17.4 Å². The first kappa shape index (κ1) is 15.9. The summed E-state index contributed by atoms with van der Waals surface area (Å²) in [6.45, 7) is 7.63. The zero-order chi connectivity index (χ0) is 16.2. The average molecular weight is 336 g/mol. The average Bonchev–Trinajstić information content (AvgIpc) is 3.22. The molecule has 0 radical (unpaired) electrons. The Hall–Kier alpha value is -2.00. The van der Waals surface area contributed by atoms with Crippen molar-refractivity contribution in [3.63, 3.8) is 0 Å². The third-order valence-electron chi connectivity index (χ3n) is 3.43. The minimum atomic E-state index is -0.151. The van der Waals surface area contributed by atoms with Crippen molar-refractivity contribution in [3.8, 4) is 5.13 Å². The van der Waals surface area contributed by atoms with Crippen LogP contribution in [-0.2, 0) is 4.74 Å². The Kier molecular flexibility index (Phi) is 4.87. The molecule has 1 aliphatic heterocycles. The van der Waals surface area contributed by atoms with E-state index in [9.17, 15) is 4.79 Å². The van der Waals surface area contributed by atoms with Crippen LogP contribution in [0.2, 0.25) is 0 Å². The summed E-state index contributed by atoms with van der Waals surface area (Å²) in [5, 5.41) is 13.5. The minimum absolute atomic E-state index is 0.151. The number of amides is 1. The highest BCUT2D eigenvalue weighted by molar-refractivity contribution is 7.12. The predicted octanol–water partition coefficient (Wildman–Crippen LogP) is 0.946. The largest absolute Gasteiger partial charge is 0.378 e. The molecule has 2 aromatic rings. The first-order valence-electron chi connectivity index (χ1n) is 7.62. The third kappa shape index (κ3) is 3.67. The van der Waals surface area contributed by atoms with Gasteiger partial charge in [-0.05, 0) is 5.92 Å². The molecule has 0 atom stereocenters. The molecule has 9 heteroatoms. The summed E-state index contributed by atoms with van der Waals surface area (Å²) >= 11 is 1.40. The van der Waals surface area contributed by atoms with Gasteiger partial charge in [-0.25, -0.2) is 9.55 Å². The number of carbonyl (C=O) groups is 1. The molecule has 0 saturated carbocycles. The number of hydrogen-bond acceptors (Lipinski definition) is 7. The normalized spacial score (nSPS) is 15.2. The van der Waals surface area contributed by atoms with Crippen molar-refractivity contribution in [1.82, 2.24) is 25.1 Å². The monoisotopic (exact) mass is 336 g/mol. The van der Waals surface area contributed by atoms with E-state index in [2.05, 4.69) is 39.2 Å². The van der Waals surface area contributed by atoms with Crippen molar-refractivity contribution >= 4 is 23.2 Å². The molecule has 3 heterocycles. The molecule has 0 bridgehead atoms. The van der Waals surface area contributed by atoms with Crippen molar-refractivity contribution in [2.24, 2.45) is 5.92 Å². The van der Waals surface area contributed by atoms with E-state index in [-0.39, 0.29) is 5.91 Å². The highest BCUT2D eigenvalue weighted by Gasteiger charge is 2.20. The van der Waals surface area contributed by atoms with Gasteiger partial charge in [-0.15, -0.1) is 21.5 Å². The zero-order valence-electron chi connectivity index (χ0n) is 13.2. The summed E-state index contributed by atoms with van der Waals surface area (Å²) in [6.07, 6.45) is 1.62. The number of hydrogen-bond donors (Lipinski definition) is 1. The SMILES string of the molecule is CC(C)CNC(=O)c1csc(-n2cnnc2N2CCOCC2)n1. The number of anilines is 1. The second kappa shape index (κ2) is 7.05. The lowest BCUT2D eigenvalue weighted by molar-refractivity contribution is 0.0944. The Morgan fingerprint density at radius 1 is 1.43 bits per heavy atom. The number of ether oxygens (including phenoxy) is 1. The van der Waals surface area contributed by atoms with Crippen molar-refractivity contribution in [1.29, 1.82) is 0 Å². The van der Waals surface area contributed by atoms with Gasteiger partial charge in [0.25, 0.3) is 5.91 Å². The smallest absolute Gasteiger partial charge is 0.270 e. The summed E-state index contributed by atoms with van der Waals surface area (Å²) in [4.78, 5) is 18.6. The van der Waals surface area contributed by atoms with Crippen LogP contribution < -0.4 is 10.2 Å². The van der Waals surface area contributed by atoms with Gasteiger partial charge < -0.3 is 15.0 Å². The summed E-state index contributed by atoms with van der Waals surface area (Å²) in [6, 6.07) is 0. The number of morpholine rings is 1. The maximum Gasteiger partial charge on any atom is 0.270 e. The van der Waals surface area contributed by atoms with E-state index in [4.69, 9.17) is 4.74 Å². The zero-order valence-corrected chi connectivity index (χ0v) is 14.0. The molecule has 0 unspecified atom stereocenters. The highest BCUT2D eigenvalue weighted by Crippen LogP contribution is 2.21. The molecule has 1 saturated heterocycles. The van der Waals surface area contributed by atoms with E-state index in [1.54, 1.807) is 11.7 Å². The van der Waals surface area contributed by atoms with E-state index >= 15 is 0 Å². The molecule has 124 valence electrons. The van der Waals surface area contributed by atoms with E-state index in [0.717, 1.165) is 19.0 Å². The van der Waals surface area contributed by atoms with Gasteiger partial charge in [0, 0.05) is 25.0 Å². The fraction of sp³-hybridized carbons (Fsp3) is 0.571. The predicted molar refractivity (Wildman–Crippen MR) is 87.2 cm³/mol. The van der Waals surface area contributed by atoms with Gasteiger partial charge in [-0.2, -0.15) is 0 Å². The van der Waals surface area contributed by atoms with E-state index in [0.29, 0.717) is 36.5 Å². The van der Waals surface area contributed by atoms with Crippen LogP contribution >= 0.6 is 11.3 Å². The summed E-state index contributed by atoms with van der Waals surface area (Å²) in [5.41, 5.74) is 0.423.